The summed E-state index contributed by atoms with van der Waals surface area (Å²) in [4.78, 5) is 14.0. The fraction of sp³-hybridized carbons (Fsp3) is 0.757. The lowest BCUT2D eigenvalue weighted by molar-refractivity contribution is -0.130. The Kier molecular flexibility index (Phi) is 11.6. The van der Waals surface area contributed by atoms with Crippen LogP contribution < -0.4 is 0 Å². The number of carbonyl (C=O) groups is 1. The molecule has 0 aromatic heterocycles. The first-order chi connectivity index (χ1) is 19.8. The number of aromatic hydroxyl groups is 1. The molecule has 1 aromatic rings. The highest BCUT2D eigenvalue weighted by molar-refractivity contribution is 5.75. The molecule has 3 aliphatic rings. The largest absolute Gasteiger partial charge is 0.508 e. The summed E-state index contributed by atoms with van der Waals surface area (Å²) in [5, 5.41) is 21.7. The number of amides is 1. The Bertz CT molecular complexity index is 1060. The van der Waals surface area contributed by atoms with Gasteiger partial charge in [0.1, 0.15) is 11.4 Å². The highest BCUT2D eigenvalue weighted by atomic mass is 16.3. The van der Waals surface area contributed by atoms with Crippen LogP contribution in [0.2, 0.25) is 0 Å². The van der Waals surface area contributed by atoms with Gasteiger partial charge in [-0.15, -0.1) is 5.92 Å². The van der Waals surface area contributed by atoms with Crippen LogP contribution in [0.4, 0.5) is 0 Å². The number of aryl methyl sites for hydroxylation is 1. The van der Waals surface area contributed by atoms with Gasteiger partial charge in [-0.05, 0) is 98.8 Å². The van der Waals surface area contributed by atoms with Crippen molar-refractivity contribution in [1.29, 1.82) is 0 Å². The second kappa shape index (κ2) is 15.0. The van der Waals surface area contributed by atoms with Crippen molar-refractivity contribution >= 4 is 5.91 Å². The van der Waals surface area contributed by atoms with Crippen LogP contribution in [0.1, 0.15) is 146 Å². The smallest absolute Gasteiger partial charge is 0.222 e. The Morgan fingerprint density at radius 1 is 0.976 bits per heavy atom. The second-order valence-electron chi connectivity index (χ2n) is 13.8. The summed E-state index contributed by atoms with van der Waals surface area (Å²) in [5.41, 5.74) is 1.83. The molecule has 0 bridgehead atoms. The van der Waals surface area contributed by atoms with Crippen LogP contribution in [0.15, 0.2) is 18.2 Å². The average molecular weight is 564 g/mol. The molecule has 4 rings (SSSR count). The van der Waals surface area contributed by atoms with E-state index in [1.807, 2.05) is 24.1 Å². The van der Waals surface area contributed by atoms with Crippen molar-refractivity contribution < 1.29 is 15.0 Å². The van der Waals surface area contributed by atoms with Gasteiger partial charge < -0.3 is 15.1 Å². The number of unbranched alkanes of at least 4 members (excludes halogenated alkanes) is 10. The van der Waals surface area contributed by atoms with Crippen molar-refractivity contribution in [3.8, 4) is 17.6 Å². The number of fused-ring (bicyclic) bond motifs is 5. The summed E-state index contributed by atoms with van der Waals surface area (Å²) >= 11 is 0. The van der Waals surface area contributed by atoms with E-state index in [9.17, 15) is 15.0 Å². The van der Waals surface area contributed by atoms with Crippen molar-refractivity contribution in [1.82, 2.24) is 4.90 Å². The second-order valence-corrected chi connectivity index (χ2v) is 13.8. The quantitative estimate of drug-likeness (QED) is 0.176. The summed E-state index contributed by atoms with van der Waals surface area (Å²) in [6.07, 6.45) is 21.0. The molecule has 4 heteroatoms. The molecule has 0 saturated heterocycles. The van der Waals surface area contributed by atoms with Gasteiger partial charge in [0, 0.05) is 31.8 Å². The molecule has 5 atom stereocenters. The molecule has 2 N–H and O–H groups in total. The van der Waals surface area contributed by atoms with Crippen LogP contribution >= 0.6 is 0 Å². The van der Waals surface area contributed by atoms with Crippen molar-refractivity contribution in [3.63, 3.8) is 0 Å². The minimum Gasteiger partial charge on any atom is -0.508 e. The fourth-order valence-corrected chi connectivity index (χ4v) is 8.44. The lowest BCUT2D eigenvalue weighted by atomic mass is 9.53. The van der Waals surface area contributed by atoms with Gasteiger partial charge in [0.25, 0.3) is 0 Å². The molecule has 0 spiro atoms. The third kappa shape index (κ3) is 7.70. The van der Waals surface area contributed by atoms with Gasteiger partial charge in [-0.25, -0.2) is 0 Å². The molecule has 1 aromatic carbocycles. The normalized spacial score (nSPS) is 28.2. The number of phenols is 1. The molecule has 1 amide bonds. The van der Waals surface area contributed by atoms with E-state index < -0.39 is 5.60 Å². The monoisotopic (exact) mass is 563 g/mol. The van der Waals surface area contributed by atoms with E-state index in [1.54, 1.807) is 0 Å². The van der Waals surface area contributed by atoms with Crippen LogP contribution in [-0.4, -0.2) is 40.2 Å². The van der Waals surface area contributed by atoms with E-state index in [-0.39, 0.29) is 5.41 Å². The van der Waals surface area contributed by atoms with Crippen LogP contribution in [0.3, 0.4) is 0 Å². The summed E-state index contributed by atoms with van der Waals surface area (Å²) in [5.74, 6) is 9.26. The number of phenolic OH excluding ortho intramolecular Hbond substituents is 1. The van der Waals surface area contributed by atoms with Crippen molar-refractivity contribution in [2.75, 3.05) is 13.6 Å². The zero-order valence-electron chi connectivity index (χ0n) is 26.4. The number of hydrogen-bond donors (Lipinski definition) is 2. The van der Waals surface area contributed by atoms with Crippen molar-refractivity contribution in [2.45, 2.75) is 147 Å². The number of hydrogen-bond acceptors (Lipinski definition) is 3. The zero-order valence-corrected chi connectivity index (χ0v) is 26.4. The van der Waals surface area contributed by atoms with Gasteiger partial charge in [-0.1, -0.05) is 77.2 Å². The number of rotatable bonds is 14. The van der Waals surface area contributed by atoms with E-state index in [2.05, 4.69) is 31.8 Å². The number of carbonyl (C=O) groups excluding carboxylic acids is 1. The average Bonchev–Trinajstić information content (AvgIpc) is 3.23. The molecule has 0 unspecified atom stereocenters. The summed E-state index contributed by atoms with van der Waals surface area (Å²) in [6.45, 7) is 5.39. The van der Waals surface area contributed by atoms with E-state index in [1.165, 1.54) is 62.5 Å². The highest BCUT2D eigenvalue weighted by Crippen LogP contribution is 2.64. The summed E-state index contributed by atoms with van der Waals surface area (Å²) in [7, 11) is 1.94. The van der Waals surface area contributed by atoms with E-state index >= 15 is 0 Å². The Labute approximate surface area is 250 Å². The number of nitrogens with zero attached hydrogens (tertiary/aromatic N) is 1. The fourth-order valence-electron chi connectivity index (χ4n) is 8.44. The Balaban J connectivity index is 1.09. The molecule has 2 saturated carbocycles. The van der Waals surface area contributed by atoms with Gasteiger partial charge in [0.2, 0.25) is 5.91 Å². The molecule has 41 heavy (non-hydrogen) atoms. The molecule has 0 radical (unpaired) electrons. The predicted octanol–water partition coefficient (Wildman–Crippen LogP) is 8.53. The molecule has 0 heterocycles. The molecule has 228 valence electrons. The lowest BCUT2D eigenvalue weighted by Gasteiger charge is -2.52. The minimum atomic E-state index is -0.840. The minimum absolute atomic E-state index is 0.103. The molecular weight excluding hydrogens is 506 g/mol. The lowest BCUT2D eigenvalue weighted by Crippen LogP contribution is -2.50. The Morgan fingerprint density at radius 3 is 2.41 bits per heavy atom. The molecule has 2 fully saturated rings. The maximum atomic E-state index is 12.1. The maximum absolute atomic E-state index is 12.1. The molecule has 3 aliphatic carbocycles. The molecule has 4 nitrogen and oxygen atoms in total. The Morgan fingerprint density at radius 2 is 1.68 bits per heavy atom. The maximum Gasteiger partial charge on any atom is 0.222 e. The SMILES string of the molecule is CCCCN(C)C(=O)CCCCCCCCCCCC#C[C@]1(O)CC[C@H]2[C@@H]3CCc4cc(O)ccc4[C@H]3CC[C@@]21C. The summed E-state index contributed by atoms with van der Waals surface area (Å²) < 4.78 is 0. The van der Waals surface area contributed by atoms with Crippen LogP contribution in [-0.2, 0) is 11.2 Å². The number of aliphatic hydroxyl groups is 1. The molecular formula is C37H57NO3. The third-order valence-corrected chi connectivity index (χ3v) is 11.1. The van der Waals surface area contributed by atoms with E-state index in [4.69, 9.17) is 0 Å². The van der Waals surface area contributed by atoms with Crippen LogP contribution in [0, 0.1) is 29.1 Å². The third-order valence-electron chi connectivity index (χ3n) is 11.1. The van der Waals surface area contributed by atoms with Gasteiger partial charge >= 0.3 is 0 Å². The zero-order chi connectivity index (χ0) is 29.3. The van der Waals surface area contributed by atoms with E-state index in [0.29, 0.717) is 35.8 Å². The van der Waals surface area contributed by atoms with Crippen molar-refractivity contribution in [2.24, 2.45) is 17.3 Å². The topological polar surface area (TPSA) is 60.8 Å². The first kappa shape index (κ1) is 31.9. The van der Waals surface area contributed by atoms with Gasteiger partial charge in [-0.2, -0.15) is 0 Å². The van der Waals surface area contributed by atoms with Gasteiger partial charge in [0.05, 0.1) is 0 Å². The number of benzene rings is 1. The van der Waals surface area contributed by atoms with E-state index in [0.717, 1.165) is 70.8 Å². The predicted molar refractivity (Wildman–Crippen MR) is 169 cm³/mol. The van der Waals surface area contributed by atoms with Crippen molar-refractivity contribution in [3.05, 3.63) is 29.3 Å². The summed E-state index contributed by atoms with van der Waals surface area (Å²) in [6, 6.07) is 5.98. The first-order valence-corrected chi connectivity index (χ1v) is 17.1. The van der Waals surface area contributed by atoms with Crippen LogP contribution in [0.5, 0.6) is 5.75 Å². The first-order valence-electron chi connectivity index (χ1n) is 17.1. The Hall–Kier alpha value is -1.99. The standard InChI is InChI=1S/C37H57NO3/c1-4-5-27-38(3)35(40)17-15-13-11-9-7-6-8-10-12-14-16-24-37(41)26-23-34-33-20-18-29-28-30(39)19-21-31(29)32(33)22-25-36(34,37)2/h19,21,28,32-34,39,41H,4-15,17-18,20,22-23,25-27H2,1-3H3/t32-,33-,34+,36+,37+/m1/s1. The van der Waals surface area contributed by atoms with Gasteiger partial charge in [-0.3, -0.25) is 4.79 Å². The molecule has 0 aliphatic heterocycles. The highest BCUT2D eigenvalue weighted by Gasteiger charge is 2.61. The van der Waals surface area contributed by atoms with Gasteiger partial charge in [0.15, 0.2) is 0 Å². The van der Waals surface area contributed by atoms with Crippen LogP contribution in [0.25, 0.3) is 0 Å².